The average molecular weight is 392 g/mol. The number of aromatic amines is 2. The SMILES string of the molecule is O=C1Nc2ccc3nc2/C1=C/c1[nH]ccc1C(=O)NC[C@H](O)COc1[nH]ncc1-3. The molecule has 0 spiro atoms. The molecule has 0 radical (unpaired) electrons. The molecule has 3 aromatic heterocycles. The molecule has 10 nitrogen and oxygen atoms in total. The van der Waals surface area contributed by atoms with Gasteiger partial charge in [0.2, 0.25) is 5.88 Å². The Hall–Kier alpha value is -3.92. The first-order chi connectivity index (χ1) is 14.1. The summed E-state index contributed by atoms with van der Waals surface area (Å²) in [5, 5.41) is 22.3. The number of aromatic nitrogens is 4. The van der Waals surface area contributed by atoms with Crippen molar-refractivity contribution in [2.45, 2.75) is 6.10 Å². The normalized spacial score (nSPS) is 20.2. The summed E-state index contributed by atoms with van der Waals surface area (Å²) in [6, 6.07) is 5.11. The molecule has 5 N–H and O–H groups in total. The van der Waals surface area contributed by atoms with Crippen LogP contribution in [-0.2, 0) is 4.79 Å². The van der Waals surface area contributed by atoms with Crippen LogP contribution in [0.3, 0.4) is 0 Å². The Kier molecular flexibility index (Phi) is 3.91. The average Bonchev–Trinajstić information content (AvgIpc) is 3.43. The van der Waals surface area contributed by atoms with Crippen LogP contribution in [0.15, 0.2) is 30.6 Å². The molecule has 3 aromatic rings. The number of pyridine rings is 1. The molecule has 5 heterocycles. The second kappa shape index (κ2) is 6.60. The monoisotopic (exact) mass is 392 g/mol. The summed E-state index contributed by atoms with van der Waals surface area (Å²) in [7, 11) is 0. The van der Waals surface area contributed by atoms with Gasteiger partial charge in [0.25, 0.3) is 11.8 Å². The van der Waals surface area contributed by atoms with Gasteiger partial charge in [-0.1, -0.05) is 0 Å². The highest BCUT2D eigenvalue weighted by molar-refractivity contribution is 6.34. The highest BCUT2D eigenvalue weighted by Crippen LogP contribution is 2.35. The number of fused-ring (bicyclic) bond motifs is 4. The number of carbonyl (C=O) groups is 2. The van der Waals surface area contributed by atoms with E-state index in [0.29, 0.717) is 45.3 Å². The van der Waals surface area contributed by atoms with Crippen molar-refractivity contribution >= 4 is 29.2 Å². The minimum absolute atomic E-state index is 0.000130. The molecule has 2 amide bonds. The van der Waals surface area contributed by atoms with Crippen molar-refractivity contribution in [1.29, 1.82) is 0 Å². The van der Waals surface area contributed by atoms with Gasteiger partial charge < -0.3 is 25.5 Å². The lowest BCUT2D eigenvalue weighted by Crippen LogP contribution is -2.35. The summed E-state index contributed by atoms with van der Waals surface area (Å²) in [6.07, 6.45) is 3.84. The first-order valence-electron chi connectivity index (χ1n) is 8.95. The van der Waals surface area contributed by atoms with Crippen molar-refractivity contribution < 1.29 is 19.4 Å². The summed E-state index contributed by atoms with van der Waals surface area (Å²) in [6.45, 7) is -0.0515. The lowest BCUT2D eigenvalue weighted by Gasteiger charge is -2.13. The molecule has 0 fully saturated rings. The van der Waals surface area contributed by atoms with E-state index in [-0.39, 0.29) is 25.0 Å². The number of hydrogen-bond donors (Lipinski definition) is 5. The number of carbonyl (C=O) groups excluding carboxylic acids is 2. The standard InChI is InChI=1S/C19H16N6O4/c26-9-6-21-17(27)10-3-4-20-15(10)5-11-16-14(24-18(11)28)2-1-13(23-16)12-7-22-25-19(12)29-8-9/h1-5,7,9,20,26H,6,8H2,(H,21,27)(H,22,25)(H,24,28)/b11-5-/t9-/m0/s1. The van der Waals surface area contributed by atoms with Crippen molar-refractivity contribution in [1.82, 2.24) is 25.5 Å². The Labute approximate surface area is 164 Å². The van der Waals surface area contributed by atoms with Gasteiger partial charge in [-0.25, -0.2) is 10.1 Å². The fourth-order valence-electron chi connectivity index (χ4n) is 3.30. The summed E-state index contributed by atoms with van der Waals surface area (Å²) >= 11 is 0. The molecule has 10 heteroatoms. The zero-order valence-electron chi connectivity index (χ0n) is 15.0. The number of aliphatic hydroxyl groups is 1. The third kappa shape index (κ3) is 2.95. The lowest BCUT2D eigenvalue weighted by molar-refractivity contribution is -0.110. The van der Waals surface area contributed by atoms with E-state index >= 15 is 0 Å². The van der Waals surface area contributed by atoms with Crippen LogP contribution in [0.2, 0.25) is 0 Å². The Balaban J connectivity index is 1.68. The van der Waals surface area contributed by atoms with E-state index < -0.39 is 6.10 Å². The third-order valence-electron chi connectivity index (χ3n) is 4.75. The van der Waals surface area contributed by atoms with Crippen LogP contribution in [0.1, 0.15) is 21.7 Å². The van der Waals surface area contributed by atoms with Crippen molar-refractivity contribution in [3.05, 3.63) is 47.5 Å². The van der Waals surface area contributed by atoms with Crippen LogP contribution in [-0.4, -0.2) is 56.3 Å². The molecule has 2 aliphatic rings. The van der Waals surface area contributed by atoms with E-state index in [4.69, 9.17) is 4.74 Å². The molecule has 0 aliphatic carbocycles. The zero-order valence-corrected chi connectivity index (χ0v) is 15.0. The maximum atomic E-state index is 12.5. The first kappa shape index (κ1) is 17.2. The van der Waals surface area contributed by atoms with Gasteiger partial charge in [-0.05, 0) is 24.3 Å². The van der Waals surface area contributed by atoms with Crippen molar-refractivity contribution in [2.24, 2.45) is 0 Å². The minimum Gasteiger partial charge on any atom is -0.475 e. The fourth-order valence-corrected chi connectivity index (χ4v) is 3.30. The highest BCUT2D eigenvalue weighted by atomic mass is 16.5. The molecule has 2 aliphatic heterocycles. The number of nitrogens with zero attached hydrogens (tertiary/aromatic N) is 2. The molecular weight excluding hydrogens is 376 g/mol. The zero-order chi connectivity index (χ0) is 20.0. The number of rotatable bonds is 0. The molecule has 0 saturated heterocycles. The smallest absolute Gasteiger partial charge is 0.258 e. The number of hydrogen-bond acceptors (Lipinski definition) is 6. The van der Waals surface area contributed by atoms with Gasteiger partial charge in [0, 0.05) is 12.7 Å². The van der Waals surface area contributed by atoms with Crippen LogP contribution in [0.4, 0.5) is 5.69 Å². The second-order valence-corrected chi connectivity index (χ2v) is 6.70. The summed E-state index contributed by atoms with van der Waals surface area (Å²) in [4.78, 5) is 32.6. The van der Waals surface area contributed by atoms with E-state index in [9.17, 15) is 14.7 Å². The Morgan fingerprint density at radius 3 is 2.93 bits per heavy atom. The molecule has 0 saturated carbocycles. The number of anilines is 1. The predicted molar refractivity (Wildman–Crippen MR) is 103 cm³/mol. The van der Waals surface area contributed by atoms with Gasteiger partial charge in [-0.2, -0.15) is 5.10 Å². The van der Waals surface area contributed by atoms with Crippen LogP contribution in [0, 0.1) is 0 Å². The van der Waals surface area contributed by atoms with Crippen LogP contribution in [0.5, 0.6) is 5.88 Å². The quantitative estimate of drug-likeness (QED) is 0.382. The van der Waals surface area contributed by atoms with E-state index in [1.54, 1.807) is 36.7 Å². The number of amides is 2. The van der Waals surface area contributed by atoms with Gasteiger partial charge in [0.1, 0.15) is 18.4 Å². The fraction of sp³-hybridized carbons (Fsp3) is 0.158. The van der Waals surface area contributed by atoms with Crippen molar-refractivity contribution in [3.63, 3.8) is 0 Å². The van der Waals surface area contributed by atoms with Gasteiger partial charge in [0.05, 0.1) is 40.0 Å². The number of β-amino-alcohol motifs (C(OH)–C–C–N with tert-alkyl or cyclic N) is 1. The number of H-pyrrole nitrogens is 2. The molecule has 146 valence electrons. The predicted octanol–water partition coefficient (Wildman–Crippen LogP) is 0.776. The first-order valence-corrected chi connectivity index (χ1v) is 8.95. The molecule has 1 atom stereocenters. The summed E-state index contributed by atoms with van der Waals surface area (Å²) in [5.74, 6) is -0.352. The minimum atomic E-state index is -0.927. The molecule has 0 aromatic carbocycles. The topological polar surface area (TPSA) is 145 Å². The summed E-state index contributed by atoms with van der Waals surface area (Å²) < 4.78 is 5.63. The van der Waals surface area contributed by atoms with E-state index in [2.05, 4.69) is 30.8 Å². The van der Waals surface area contributed by atoms with Gasteiger partial charge in [0.15, 0.2) is 0 Å². The second-order valence-electron chi connectivity index (χ2n) is 6.70. The third-order valence-corrected chi connectivity index (χ3v) is 4.75. The van der Waals surface area contributed by atoms with Gasteiger partial charge in [-0.3, -0.25) is 9.59 Å². The maximum absolute atomic E-state index is 12.5. The molecular formula is C19H16N6O4. The molecule has 5 rings (SSSR count). The van der Waals surface area contributed by atoms with Crippen LogP contribution in [0.25, 0.3) is 22.9 Å². The lowest BCUT2D eigenvalue weighted by atomic mass is 10.1. The van der Waals surface area contributed by atoms with Gasteiger partial charge >= 0.3 is 0 Å². The highest BCUT2D eigenvalue weighted by Gasteiger charge is 2.28. The Morgan fingerprint density at radius 1 is 1.14 bits per heavy atom. The largest absolute Gasteiger partial charge is 0.475 e. The van der Waals surface area contributed by atoms with E-state index in [1.807, 2.05) is 0 Å². The molecule has 2 bridgehead atoms. The molecule has 29 heavy (non-hydrogen) atoms. The van der Waals surface area contributed by atoms with E-state index in [0.717, 1.165) is 0 Å². The Bertz CT molecular complexity index is 1160. The van der Waals surface area contributed by atoms with Crippen LogP contribution < -0.4 is 15.4 Å². The summed E-state index contributed by atoms with van der Waals surface area (Å²) in [5.41, 5.74) is 3.35. The Morgan fingerprint density at radius 2 is 2.03 bits per heavy atom. The van der Waals surface area contributed by atoms with Crippen molar-refractivity contribution in [3.8, 4) is 17.1 Å². The van der Waals surface area contributed by atoms with E-state index in [1.165, 1.54) is 0 Å². The van der Waals surface area contributed by atoms with Crippen molar-refractivity contribution in [2.75, 3.05) is 18.5 Å². The molecule has 0 unspecified atom stereocenters. The van der Waals surface area contributed by atoms with Crippen LogP contribution >= 0.6 is 0 Å². The maximum Gasteiger partial charge on any atom is 0.258 e. The number of nitrogens with one attached hydrogen (secondary N) is 4. The van der Waals surface area contributed by atoms with Gasteiger partial charge in [-0.15, -0.1) is 0 Å². The number of aliphatic hydroxyl groups excluding tert-OH is 1. The number of ether oxygens (including phenoxy) is 1.